The van der Waals surface area contributed by atoms with Crippen LogP contribution in [0.2, 0.25) is 0 Å². The standard InChI is InChI=1S/C16H19NO3S/c18-16(19)15-8-13-7-12(1-2-14(13)20-15)10-17-9-11-3-5-21-6-4-11/h1-2,7-8,11,17H,3-6,9-10H2,(H,18,19). The van der Waals surface area contributed by atoms with Crippen molar-refractivity contribution in [2.75, 3.05) is 18.1 Å². The minimum Gasteiger partial charge on any atom is -0.475 e. The van der Waals surface area contributed by atoms with Crippen LogP contribution in [-0.2, 0) is 6.54 Å². The summed E-state index contributed by atoms with van der Waals surface area (Å²) in [6, 6.07) is 7.41. The number of rotatable bonds is 5. The second kappa shape index (κ2) is 6.54. The molecule has 1 aromatic heterocycles. The van der Waals surface area contributed by atoms with Gasteiger partial charge in [0, 0.05) is 11.9 Å². The number of carboxylic acids is 1. The number of carboxylic acid groups (broad SMARTS) is 1. The first kappa shape index (κ1) is 14.5. The summed E-state index contributed by atoms with van der Waals surface area (Å²) in [5.41, 5.74) is 1.78. The van der Waals surface area contributed by atoms with Crippen molar-refractivity contribution < 1.29 is 14.3 Å². The number of fused-ring (bicyclic) bond motifs is 1. The first-order chi connectivity index (χ1) is 10.2. The van der Waals surface area contributed by atoms with E-state index in [4.69, 9.17) is 9.52 Å². The third kappa shape index (κ3) is 3.60. The Morgan fingerprint density at radius 1 is 1.33 bits per heavy atom. The van der Waals surface area contributed by atoms with Crippen LogP contribution in [0.25, 0.3) is 11.0 Å². The van der Waals surface area contributed by atoms with Gasteiger partial charge < -0.3 is 14.8 Å². The lowest BCUT2D eigenvalue weighted by Crippen LogP contribution is -2.25. The van der Waals surface area contributed by atoms with Gasteiger partial charge in [0.1, 0.15) is 5.58 Å². The summed E-state index contributed by atoms with van der Waals surface area (Å²) in [4.78, 5) is 10.9. The lowest BCUT2D eigenvalue weighted by atomic mass is 10.0. The van der Waals surface area contributed by atoms with Crippen LogP contribution in [0.5, 0.6) is 0 Å². The van der Waals surface area contributed by atoms with Crippen LogP contribution >= 0.6 is 11.8 Å². The van der Waals surface area contributed by atoms with Crippen molar-refractivity contribution in [3.8, 4) is 0 Å². The van der Waals surface area contributed by atoms with E-state index in [-0.39, 0.29) is 5.76 Å². The molecule has 0 bridgehead atoms. The quantitative estimate of drug-likeness (QED) is 0.887. The lowest BCUT2D eigenvalue weighted by Gasteiger charge is -2.21. The van der Waals surface area contributed by atoms with Crippen molar-refractivity contribution in [3.63, 3.8) is 0 Å². The normalized spacial score (nSPS) is 16.4. The molecule has 4 nitrogen and oxygen atoms in total. The van der Waals surface area contributed by atoms with E-state index in [1.165, 1.54) is 24.3 Å². The minimum atomic E-state index is -1.03. The maximum absolute atomic E-state index is 10.9. The molecule has 0 atom stereocenters. The molecule has 112 valence electrons. The van der Waals surface area contributed by atoms with E-state index in [2.05, 4.69) is 5.32 Å². The van der Waals surface area contributed by atoms with Gasteiger partial charge >= 0.3 is 5.97 Å². The van der Waals surface area contributed by atoms with E-state index in [0.717, 1.165) is 30.0 Å². The third-order valence-corrected chi connectivity index (χ3v) is 4.94. The number of furan rings is 1. The molecule has 3 rings (SSSR count). The highest BCUT2D eigenvalue weighted by Crippen LogP contribution is 2.23. The number of hydrogen-bond donors (Lipinski definition) is 2. The van der Waals surface area contributed by atoms with E-state index in [9.17, 15) is 4.79 Å². The molecule has 2 heterocycles. The number of carbonyl (C=O) groups is 1. The zero-order chi connectivity index (χ0) is 14.7. The Labute approximate surface area is 127 Å². The molecule has 0 radical (unpaired) electrons. The molecular weight excluding hydrogens is 286 g/mol. The van der Waals surface area contributed by atoms with Crippen LogP contribution < -0.4 is 5.32 Å². The van der Waals surface area contributed by atoms with Crippen molar-refractivity contribution in [1.82, 2.24) is 5.32 Å². The highest BCUT2D eigenvalue weighted by molar-refractivity contribution is 7.99. The molecule has 5 heteroatoms. The molecule has 21 heavy (non-hydrogen) atoms. The van der Waals surface area contributed by atoms with Gasteiger partial charge in [0.05, 0.1) is 0 Å². The van der Waals surface area contributed by atoms with Gasteiger partial charge in [-0.25, -0.2) is 4.79 Å². The Morgan fingerprint density at radius 2 is 2.14 bits per heavy atom. The Hall–Kier alpha value is -1.46. The fourth-order valence-electron chi connectivity index (χ4n) is 2.68. The smallest absolute Gasteiger partial charge is 0.371 e. The monoisotopic (exact) mass is 305 g/mol. The highest BCUT2D eigenvalue weighted by atomic mass is 32.2. The largest absolute Gasteiger partial charge is 0.475 e. The summed E-state index contributed by atoms with van der Waals surface area (Å²) in [5.74, 6) is 2.33. The molecule has 1 aliphatic heterocycles. The Morgan fingerprint density at radius 3 is 2.90 bits per heavy atom. The van der Waals surface area contributed by atoms with Gasteiger partial charge in [0.15, 0.2) is 0 Å². The van der Waals surface area contributed by atoms with Crippen LogP contribution in [0.4, 0.5) is 0 Å². The maximum atomic E-state index is 10.9. The average molecular weight is 305 g/mol. The molecule has 2 N–H and O–H groups in total. The number of nitrogens with one attached hydrogen (secondary N) is 1. The van der Waals surface area contributed by atoms with Crippen LogP contribution in [0.3, 0.4) is 0 Å². The summed E-state index contributed by atoms with van der Waals surface area (Å²) in [6.07, 6.45) is 2.61. The SMILES string of the molecule is O=C(O)c1cc2cc(CNCC3CCSCC3)ccc2o1. The number of thioether (sulfide) groups is 1. The molecule has 1 aliphatic rings. The van der Waals surface area contributed by atoms with Crippen molar-refractivity contribution in [1.29, 1.82) is 0 Å². The summed E-state index contributed by atoms with van der Waals surface area (Å²) >= 11 is 2.05. The second-order valence-corrected chi connectivity index (χ2v) is 6.70. The van der Waals surface area contributed by atoms with Gasteiger partial charge in [0.25, 0.3) is 0 Å². The topological polar surface area (TPSA) is 62.5 Å². The fraction of sp³-hybridized carbons (Fsp3) is 0.438. The van der Waals surface area contributed by atoms with Gasteiger partial charge in [-0.2, -0.15) is 11.8 Å². The summed E-state index contributed by atoms with van der Waals surface area (Å²) in [5, 5.41) is 13.3. The number of benzene rings is 1. The molecule has 0 spiro atoms. The third-order valence-electron chi connectivity index (χ3n) is 3.89. The van der Waals surface area contributed by atoms with E-state index in [0.29, 0.717) is 5.58 Å². The Bertz CT molecular complexity index is 631. The predicted octanol–water partition coefficient (Wildman–Crippen LogP) is 3.36. The molecule has 0 unspecified atom stereocenters. The number of aromatic carboxylic acids is 1. The number of hydrogen-bond acceptors (Lipinski definition) is 4. The van der Waals surface area contributed by atoms with Crippen molar-refractivity contribution >= 4 is 28.7 Å². The van der Waals surface area contributed by atoms with Gasteiger partial charge in [-0.15, -0.1) is 0 Å². The molecule has 0 saturated carbocycles. The molecule has 1 fully saturated rings. The highest BCUT2D eigenvalue weighted by Gasteiger charge is 2.13. The van der Waals surface area contributed by atoms with Gasteiger partial charge in [-0.1, -0.05) is 6.07 Å². The van der Waals surface area contributed by atoms with Crippen molar-refractivity contribution in [2.24, 2.45) is 5.92 Å². The first-order valence-corrected chi connectivity index (χ1v) is 8.42. The molecule has 1 aromatic carbocycles. The van der Waals surface area contributed by atoms with Gasteiger partial charge in [0.2, 0.25) is 5.76 Å². The van der Waals surface area contributed by atoms with Gasteiger partial charge in [-0.05, 0) is 60.6 Å². The fourth-order valence-corrected chi connectivity index (χ4v) is 3.88. The molecule has 2 aromatic rings. The first-order valence-electron chi connectivity index (χ1n) is 7.26. The predicted molar refractivity (Wildman–Crippen MR) is 84.9 cm³/mol. The summed E-state index contributed by atoms with van der Waals surface area (Å²) in [6.45, 7) is 1.87. The van der Waals surface area contributed by atoms with Crippen LogP contribution in [0.1, 0.15) is 29.0 Å². The molecule has 0 amide bonds. The van der Waals surface area contributed by atoms with Crippen LogP contribution in [0, 0.1) is 5.92 Å². The molecular formula is C16H19NO3S. The lowest BCUT2D eigenvalue weighted by molar-refractivity contribution is 0.0665. The average Bonchev–Trinajstić information content (AvgIpc) is 2.92. The van der Waals surface area contributed by atoms with E-state index >= 15 is 0 Å². The molecule has 1 saturated heterocycles. The minimum absolute atomic E-state index is 0.00480. The van der Waals surface area contributed by atoms with E-state index in [1.807, 2.05) is 30.0 Å². The molecule has 0 aliphatic carbocycles. The van der Waals surface area contributed by atoms with Crippen molar-refractivity contribution in [2.45, 2.75) is 19.4 Å². The summed E-state index contributed by atoms with van der Waals surface area (Å²) < 4.78 is 5.26. The summed E-state index contributed by atoms with van der Waals surface area (Å²) in [7, 11) is 0. The van der Waals surface area contributed by atoms with E-state index < -0.39 is 5.97 Å². The maximum Gasteiger partial charge on any atom is 0.371 e. The van der Waals surface area contributed by atoms with Gasteiger partial charge in [-0.3, -0.25) is 0 Å². The van der Waals surface area contributed by atoms with E-state index in [1.54, 1.807) is 6.07 Å². The zero-order valence-corrected chi connectivity index (χ0v) is 12.6. The van der Waals surface area contributed by atoms with Crippen LogP contribution in [-0.4, -0.2) is 29.1 Å². The van der Waals surface area contributed by atoms with Crippen LogP contribution in [0.15, 0.2) is 28.7 Å². The Kier molecular flexibility index (Phi) is 4.51. The second-order valence-electron chi connectivity index (χ2n) is 5.47. The Balaban J connectivity index is 1.60. The van der Waals surface area contributed by atoms with Crippen molar-refractivity contribution in [3.05, 3.63) is 35.6 Å². The zero-order valence-electron chi connectivity index (χ0n) is 11.8.